The number of pyridine rings is 1. The Bertz CT molecular complexity index is 1110. The molecule has 0 radical (unpaired) electrons. The first-order valence-electron chi connectivity index (χ1n) is 9.18. The number of amides is 1. The van der Waals surface area contributed by atoms with Crippen molar-refractivity contribution in [3.63, 3.8) is 0 Å². The molecular weight excluding hydrogens is 334 g/mol. The van der Waals surface area contributed by atoms with Crippen LogP contribution >= 0.6 is 0 Å². The first-order valence-corrected chi connectivity index (χ1v) is 9.18. The molecule has 4 aromatic rings. The highest BCUT2D eigenvalue weighted by molar-refractivity contribution is 5.95. The zero-order valence-corrected chi connectivity index (χ0v) is 14.9. The second-order valence-electron chi connectivity index (χ2n) is 6.92. The Labute approximate surface area is 157 Å². The summed E-state index contributed by atoms with van der Waals surface area (Å²) in [5.41, 5.74) is 6.58. The van der Waals surface area contributed by atoms with Crippen LogP contribution in [-0.2, 0) is 13.0 Å². The van der Waals surface area contributed by atoms with Gasteiger partial charge in [0.2, 0.25) is 0 Å². The molecule has 132 valence electrons. The maximum Gasteiger partial charge on any atom is 0.254 e. The summed E-state index contributed by atoms with van der Waals surface area (Å²) in [6, 6.07) is 20.1. The van der Waals surface area contributed by atoms with Crippen molar-refractivity contribution < 1.29 is 4.79 Å². The molecular formula is C23H19N3O. The van der Waals surface area contributed by atoms with E-state index in [0.29, 0.717) is 6.54 Å². The summed E-state index contributed by atoms with van der Waals surface area (Å²) in [6.45, 7) is 1.38. The number of hydrogen-bond acceptors (Lipinski definition) is 2. The van der Waals surface area contributed by atoms with E-state index in [1.54, 1.807) is 12.4 Å². The molecule has 4 nitrogen and oxygen atoms in total. The van der Waals surface area contributed by atoms with Crippen molar-refractivity contribution in [3.8, 4) is 11.1 Å². The van der Waals surface area contributed by atoms with Crippen molar-refractivity contribution >= 4 is 16.8 Å². The predicted molar refractivity (Wildman–Crippen MR) is 106 cm³/mol. The molecule has 0 fully saturated rings. The number of para-hydroxylation sites is 1. The quantitative estimate of drug-likeness (QED) is 0.580. The number of hydrogen-bond donors (Lipinski definition) is 1. The molecule has 0 saturated carbocycles. The normalized spacial score (nSPS) is 13.6. The van der Waals surface area contributed by atoms with Crippen LogP contribution in [0.1, 0.15) is 21.6 Å². The molecule has 5 rings (SSSR count). The van der Waals surface area contributed by atoms with Crippen LogP contribution in [0.25, 0.3) is 22.0 Å². The third-order valence-corrected chi connectivity index (χ3v) is 5.32. The van der Waals surface area contributed by atoms with Gasteiger partial charge in [-0.05, 0) is 53.4 Å². The van der Waals surface area contributed by atoms with Crippen molar-refractivity contribution in [1.82, 2.24) is 14.9 Å². The summed E-state index contributed by atoms with van der Waals surface area (Å²) in [7, 11) is 0. The topological polar surface area (TPSA) is 49.0 Å². The minimum absolute atomic E-state index is 0.0839. The maximum absolute atomic E-state index is 13.0. The van der Waals surface area contributed by atoms with E-state index in [-0.39, 0.29) is 5.91 Å². The number of carbonyl (C=O) groups is 1. The highest BCUT2D eigenvalue weighted by Crippen LogP contribution is 2.28. The summed E-state index contributed by atoms with van der Waals surface area (Å²) >= 11 is 0. The van der Waals surface area contributed by atoms with Crippen LogP contribution < -0.4 is 0 Å². The van der Waals surface area contributed by atoms with Gasteiger partial charge in [-0.15, -0.1) is 0 Å². The first kappa shape index (κ1) is 15.8. The number of fused-ring (bicyclic) bond motifs is 3. The molecule has 3 heterocycles. The maximum atomic E-state index is 13.0. The second kappa shape index (κ2) is 6.40. The van der Waals surface area contributed by atoms with E-state index < -0.39 is 0 Å². The third-order valence-electron chi connectivity index (χ3n) is 5.32. The van der Waals surface area contributed by atoms with Gasteiger partial charge in [0.1, 0.15) is 0 Å². The molecule has 0 atom stereocenters. The van der Waals surface area contributed by atoms with E-state index in [9.17, 15) is 4.79 Å². The van der Waals surface area contributed by atoms with Gasteiger partial charge in [0.15, 0.2) is 0 Å². The van der Waals surface area contributed by atoms with Crippen molar-refractivity contribution in [2.45, 2.75) is 13.0 Å². The molecule has 27 heavy (non-hydrogen) atoms. The molecule has 0 spiro atoms. The fourth-order valence-electron chi connectivity index (χ4n) is 3.90. The van der Waals surface area contributed by atoms with Crippen LogP contribution in [0.4, 0.5) is 0 Å². The predicted octanol–water partition coefficient (Wildman–Crippen LogP) is 4.43. The monoisotopic (exact) mass is 353 g/mol. The SMILES string of the molecule is O=C(c1ccc(-c2ccncc2)cc1)N1CCc2c([nH]c3ccccc23)C1. The molecule has 1 aliphatic heterocycles. The van der Waals surface area contributed by atoms with Gasteiger partial charge in [-0.3, -0.25) is 9.78 Å². The number of nitrogens with zero attached hydrogens (tertiary/aromatic N) is 2. The Hall–Kier alpha value is -3.40. The van der Waals surface area contributed by atoms with Crippen LogP contribution in [0.2, 0.25) is 0 Å². The van der Waals surface area contributed by atoms with E-state index in [4.69, 9.17) is 0 Å². The first-order chi connectivity index (χ1) is 13.3. The number of benzene rings is 2. The minimum Gasteiger partial charge on any atom is -0.357 e. The Balaban J connectivity index is 1.38. The molecule has 0 saturated heterocycles. The molecule has 1 aliphatic rings. The summed E-state index contributed by atoms with van der Waals surface area (Å²) in [5, 5.41) is 1.28. The largest absolute Gasteiger partial charge is 0.357 e. The van der Waals surface area contributed by atoms with Crippen LogP contribution in [0.5, 0.6) is 0 Å². The van der Waals surface area contributed by atoms with E-state index in [1.165, 1.54) is 10.9 Å². The smallest absolute Gasteiger partial charge is 0.254 e. The fourth-order valence-corrected chi connectivity index (χ4v) is 3.90. The van der Waals surface area contributed by atoms with Crippen LogP contribution in [0.15, 0.2) is 73.1 Å². The Kier molecular flexibility index (Phi) is 3.75. The minimum atomic E-state index is 0.0839. The van der Waals surface area contributed by atoms with Crippen LogP contribution in [-0.4, -0.2) is 27.3 Å². The number of aromatic amines is 1. The van der Waals surface area contributed by atoms with Gasteiger partial charge in [0.25, 0.3) is 5.91 Å². The number of H-pyrrole nitrogens is 1. The molecule has 0 bridgehead atoms. The van der Waals surface area contributed by atoms with Gasteiger partial charge in [0, 0.05) is 41.1 Å². The molecule has 0 unspecified atom stereocenters. The number of nitrogens with one attached hydrogen (secondary N) is 1. The van der Waals surface area contributed by atoms with Crippen molar-refractivity contribution in [2.75, 3.05) is 6.54 Å². The lowest BCUT2D eigenvalue weighted by molar-refractivity contribution is 0.0733. The number of rotatable bonds is 2. The van der Waals surface area contributed by atoms with Crippen molar-refractivity contribution in [2.24, 2.45) is 0 Å². The van der Waals surface area contributed by atoms with Gasteiger partial charge in [0.05, 0.1) is 6.54 Å². The van der Waals surface area contributed by atoms with Gasteiger partial charge in [-0.25, -0.2) is 0 Å². The molecule has 0 aliphatic carbocycles. The van der Waals surface area contributed by atoms with Crippen LogP contribution in [0.3, 0.4) is 0 Å². The van der Waals surface area contributed by atoms with Gasteiger partial charge in [-0.1, -0.05) is 30.3 Å². The Morgan fingerprint density at radius 1 is 0.926 bits per heavy atom. The standard InChI is InChI=1S/C23H19N3O/c27-23(18-7-5-16(6-8-18)17-9-12-24-13-10-17)26-14-11-20-19-3-1-2-4-21(19)25-22(20)15-26/h1-10,12-13,25H,11,14-15H2. The fraction of sp³-hybridized carbons (Fsp3) is 0.130. The summed E-state index contributed by atoms with van der Waals surface area (Å²) < 4.78 is 0. The van der Waals surface area contributed by atoms with Gasteiger partial charge in [-0.2, -0.15) is 0 Å². The van der Waals surface area contributed by atoms with Gasteiger partial charge >= 0.3 is 0 Å². The van der Waals surface area contributed by atoms with E-state index in [0.717, 1.165) is 40.9 Å². The number of carbonyl (C=O) groups excluding carboxylic acids is 1. The van der Waals surface area contributed by atoms with E-state index in [2.05, 4.69) is 28.2 Å². The lowest BCUT2D eigenvalue weighted by Crippen LogP contribution is -2.35. The summed E-state index contributed by atoms with van der Waals surface area (Å²) in [5.74, 6) is 0.0839. The summed E-state index contributed by atoms with van der Waals surface area (Å²) in [6.07, 6.45) is 4.44. The molecule has 2 aromatic carbocycles. The van der Waals surface area contributed by atoms with E-state index in [1.807, 2.05) is 47.4 Å². The Morgan fingerprint density at radius 2 is 1.67 bits per heavy atom. The molecule has 2 aromatic heterocycles. The second-order valence-corrected chi connectivity index (χ2v) is 6.92. The average Bonchev–Trinajstić information content (AvgIpc) is 3.12. The molecule has 1 N–H and O–H groups in total. The highest BCUT2D eigenvalue weighted by atomic mass is 16.2. The average molecular weight is 353 g/mol. The number of aromatic nitrogens is 2. The highest BCUT2D eigenvalue weighted by Gasteiger charge is 2.24. The lowest BCUT2D eigenvalue weighted by Gasteiger charge is -2.27. The third kappa shape index (κ3) is 2.79. The van der Waals surface area contributed by atoms with Crippen molar-refractivity contribution in [3.05, 3.63) is 89.9 Å². The molecule has 1 amide bonds. The lowest BCUT2D eigenvalue weighted by atomic mass is 10.0. The molecule has 4 heteroatoms. The summed E-state index contributed by atoms with van der Waals surface area (Å²) in [4.78, 5) is 22.4. The zero-order chi connectivity index (χ0) is 18.2. The van der Waals surface area contributed by atoms with E-state index >= 15 is 0 Å². The van der Waals surface area contributed by atoms with Crippen molar-refractivity contribution in [1.29, 1.82) is 0 Å². The Morgan fingerprint density at radius 3 is 2.48 bits per heavy atom. The van der Waals surface area contributed by atoms with Gasteiger partial charge < -0.3 is 9.88 Å². The van der Waals surface area contributed by atoms with Crippen LogP contribution in [0, 0.1) is 0 Å². The zero-order valence-electron chi connectivity index (χ0n) is 14.9.